The van der Waals surface area contributed by atoms with Gasteiger partial charge < -0.3 is 14.0 Å². The first-order valence-corrected chi connectivity index (χ1v) is 10.2. The zero-order valence-corrected chi connectivity index (χ0v) is 18.3. The van der Waals surface area contributed by atoms with E-state index in [0.29, 0.717) is 11.6 Å². The van der Waals surface area contributed by atoms with Crippen LogP contribution in [0.5, 0.6) is 0 Å². The molecule has 0 fully saturated rings. The minimum Gasteiger partial charge on any atom is -0.465 e. The summed E-state index contributed by atoms with van der Waals surface area (Å²) in [5.74, 6) is -2.27. The molecule has 2 aromatic carbocycles. The number of benzene rings is 2. The van der Waals surface area contributed by atoms with E-state index in [-0.39, 0.29) is 36.5 Å². The molecule has 0 aliphatic carbocycles. The van der Waals surface area contributed by atoms with E-state index in [0.717, 1.165) is 26.8 Å². The maximum atomic E-state index is 14.6. The molecule has 2 heterocycles. The number of hydrogen-bond acceptors (Lipinski definition) is 6. The average Bonchev–Trinajstić information content (AvgIpc) is 3.23. The van der Waals surface area contributed by atoms with Crippen LogP contribution in [0.1, 0.15) is 15.9 Å². The van der Waals surface area contributed by atoms with Crippen LogP contribution in [0, 0.1) is 11.6 Å². The lowest BCUT2D eigenvalue weighted by Crippen LogP contribution is -2.41. The maximum absolute atomic E-state index is 14.6. The number of hydrogen-bond donors (Lipinski definition) is 0. The van der Waals surface area contributed by atoms with Crippen molar-refractivity contribution in [2.24, 2.45) is 0 Å². The highest BCUT2D eigenvalue weighted by Crippen LogP contribution is 2.18. The Balaban J connectivity index is 1.90. The first kappa shape index (κ1) is 23.1. The van der Waals surface area contributed by atoms with Crippen LogP contribution in [-0.4, -0.2) is 45.5 Å². The van der Waals surface area contributed by atoms with Crippen LogP contribution in [0.25, 0.3) is 16.9 Å². The molecule has 0 saturated heterocycles. The minimum absolute atomic E-state index is 0.0523. The zero-order valence-electron chi connectivity index (χ0n) is 18.3. The van der Waals surface area contributed by atoms with Crippen molar-refractivity contribution in [1.82, 2.24) is 18.7 Å². The summed E-state index contributed by atoms with van der Waals surface area (Å²) in [4.78, 5) is 42.3. The molecule has 0 radical (unpaired) electrons. The summed E-state index contributed by atoms with van der Waals surface area (Å²) >= 11 is 0. The topological polar surface area (TPSA) is 97.3 Å². The number of halogens is 2. The van der Waals surface area contributed by atoms with Gasteiger partial charge in [-0.05, 0) is 29.8 Å². The highest BCUT2D eigenvalue weighted by molar-refractivity contribution is 5.89. The van der Waals surface area contributed by atoms with Crippen LogP contribution in [0.3, 0.4) is 0 Å². The minimum atomic E-state index is -0.978. The Hall–Kier alpha value is -4.12. The van der Waals surface area contributed by atoms with Crippen molar-refractivity contribution in [3.05, 3.63) is 92.4 Å². The maximum Gasteiger partial charge on any atom is 0.337 e. The fraction of sp³-hybridized carbons (Fsp3) is 0.217. The SMILES string of the molecule is COCCn1c(=O)c2c(ncn2Cc2ccc(C(=O)OC)cc2)n(-c2ccc(F)cc2F)c1=O. The highest BCUT2D eigenvalue weighted by atomic mass is 19.1. The van der Waals surface area contributed by atoms with Gasteiger partial charge in [-0.1, -0.05) is 12.1 Å². The van der Waals surface area contributed by atoms with Crippen molar-refractivity contribution in [3.63, 3.8) is 0 Å². The molecule has 34 heavy (non-hydrogen) atoms. The summed E-state index contributed by atoms with van der Waals surface area (Å²) in [6.07, 6.45) is 1.36. The van der Waals surface area contributed by atoms with Crippen LogP contribution in [0.4, 0.5) is 8.78 Å². The normalized spacial score (nSPS) is 11.2. The standard InChI is InChI=1S/C23H20F2N4O5/c1-33-10-9-28-21(30)19-20(29(23(28)32)18-8-7-16(24)11-17(18)25)26-13-27(19)12-14-3-5-15(6-4-14)22(31)34-2/h3-8,11,13H,9-10,12H2,1-2H3. The third kappa shape index (κ3) is 4.13. The molecule has 0 aliphatic rings. The molecular weight excluding hydrogens is 450 g/mol. The lowest BCUT2D eigenvalue weighted by atomic mass is 10.1. The van der Waals surface area contributed by atoms with Crippen molar-refractivity contribution in [2.45, 2.75) is 13.1 Å². The smallest absolute Gasteiger partial charge is 0.337 e. The van der Waals surface area contributed by atoms with Gasteiger partial charge in [0.15, 0.2) is 11.2 Å². The van der Waals surface area contributed by atoms with Crippen molar-refractivity contribution >= 4 is 17.1 Å². The molecule has 0 saturated carbocycles. The molecule has 4 rings (SSSR count). The fourth-order valence-electron chi connectivity index (χ4n) is 3.62. The number of rotatable bonds is 7. The van der Waals surface area contributed by atoms with E-state index in [4.69, 9.17) is 4.74 Å². The molecule has 0 N–H and O–H groups in total. The Bertz CT molecular complexity index is 1490. The predicted molar refractivity (Wildman–Crippen MR) is 118 cm³/mol. The largest absolute Gasteiger partial charge is 0.465 e. The van der Waals surface area contributed by atoms with E-state index >= 15 is 0 Å². The molecule has 0 atom stereocenters. The summed E-state index contributed by atoms with van der Waals surface area (Å²) in [5.41, 5.74) is -0.607. The zero-order chi connectivity index (χ0) is 24.4. The molecule has 176 valence electrons. The van der Waals surface area contributed by atoms with E-state index in [9.17, 15) is 23.2 Å². The molecule has 0 amide bonds. The third-order valence-electron chi connectivity index (χ3n) is 5.30. The summed E-state index contributed by atoms with van der Waals surface area (Å²) in [6.45, 7) is 0.170. The Morgan fingerprint density at radius 3 is 2.44 bits per heavy atom. The summed E-state index contributed by atoms with van der Waals surface area (Å²) in [5, 5.41) is 0. The number of fused-ring (bicyclic) bond motifs is 1. The van der Waals surface area contributed by atoms with Crippen molar-refractivity contribution < 1.29 is 23.0 Å². The van der Waals surface area contributed by atoms with Crippen LogP contribution in [0.15, 0.2) is 58.4 Å². The van der Waals surface area contributed by atoms with Gasteiger partial charge >= 0.3 is 11.7 Å². The molecule has 2 aromatic heterocycles. The first-order valence-electron chi connectivity index (χ1n) is 10.2. The second-order valence-corrected chi connectivity index (χ2v) is 7.40. The fourth-order valence-corrected chi connectivity index (χ4v) is 3.62. The molecule has 11 heteroatoms. The van der Waals surface area contributed by atoms with Crippen LogP contribution in [0.2, 0.25) is 0 Å². The molecule has 9 nitrogen and oxygen atoms in total. The first-order chi connectivity index (χ1) is 16.3. The van der Waals surface area contributed by atoms with Crippen molar-refractivity contribution in [1.29, 1.82) is 0 Å². The van der Waals surface area contributed by atoms with Gasteiger partial charge in [0.2, 0.25) is 0 Å². The van der Waals surface area contributed by atoms with E-state index in [1.807, 2.05) is 0 Å². The number of imidazole rings is 1. The number of aromatic nitrogens is 4. The Kier molecular flexibility index (Phi) is 6.37. The highest BCUT2D eigenvalue weighted by Gasteiger charge is 2.21. The Morgan fingerprint density at radius 2 is 1.79 bits per heavy atom. The van der Waals surface area contributed by atoms with Gasteiger partial charge in [0.05, 0.1) is 37.8 Å². The van der Waals surface area contributed by atoms with E-state index in [1.165, 1.54) is 25.1 Å². The molecule has 4 aromatic rings. The van der Waals surface area contributed by atoms with Gasteiger partial charge in [0.1, 0.15) is 11.6 Å². The molecule has 0 spiro atoms. The molecular formula is C23H20F2N4O5. The number of esters is 1. The number of carbonyl (C=O) groups excluding carboxylic acids is 1. The monoisotopic (exact) mass is 470 g/mol. The van der Waals surface area contributed by atoms with Crippen molar-refractivity contribution in [2.75, 3.05) is 20.8 Å². The third-order valence-corrected chi connectivity index (χ3v) is 5.30. The van der Waals surface area contributed by atoms with Gasteiger partial charge in [-0.25, -0.2) is 27.9 Å². The quantitative estimate of drug-likeness (QED) is 0.384. The van der Waals surface area contributed by atoms with E-state index in [2.05, 4.69) is 9.72 Å². The average molecular weight is 470 g/mol. The van der Waals surface area contributed by atoms with Gasteiger partial charge in [-0.3, -0.25) is 9.36 Å². The molecule has 0 bridgehead atoms. The van der Waals surface area contributed by atoms with Crippen LogP contribution < -0.4 is 11.2 Å². The van der Waals surface area contributed by atoms with Gasteiger partial charge in [-0.2, -0.15) is 0 Å². The Morgan fingerprint density at radius 1 is 1.06 bits per heavy atom. The summed E-state index contributed by atoms with van der Waals surface area (Å²) in [6, 6.07) is 9.33. The number of ether oxygens (including phenoxy) is 2. The second kappa shape index (κ2) is 9.40. The van der Waals surface area contributed by atoms with Crippen molar-refractivity contribution in [3.8, 4) is 5.69 Å². The summed E-state index contributed by atoms with van der Waals surface area (Å²) < 4.78 is 41.2. The summed E-state index contributed by atoms with van der Waals surface area (Å²) in [7, 11) is 2.70. The van der Waals surface area contributed by atoms with Crippen LogP contribution in [-0.2, 0) is 22.6 Å². The second-order valence-electron chi connectivity index (χ2n) is 7.40. The molecule has 0 aliphatic heterocycles. The van der Waals surface area contributed by atoms with Gasteiger partial charge in [0.25, 0.3) is 5.56 Å². The van der Waals surface area contributed by atoms with Gasteiger partial charge in [0, 0.05) is 19.7 Å². The lowest BCUT2D eigenvalue weighted by molar-refractivity contribution is 0.0600. The van der Waals surface area contributed by atoms with Gasteiger partial charge in [-0.15, -0.1) is 0 Å². The van der Waals surface area contributed by atoms with E-state index < -0.39 is 28.9 Å². The van der Waals surface area contributed by atoms with E-state index in [1.54, 1.807) is 24.3 Å². The Labute approximate surface area is 191 Å². The number of nitrogens with zero attached hydrogens (tertiary/aromatic N) is 4. The predicted octanol–water partition coefficient (Wildman–Crippen LogP) is 2.11. The van der Waals surface area contributed by atoms with Crippen LogP contribution >= 0.6 is 0 Å². The molecule has 0 unspecified atom stereocenters. The lowest BCUT2D eigenvalue weighted by Gasteiger charge is -2.13. The number of methoxy groups -OCH3 is 2. The number of carbonyl (C=O) groups is 1.